The third kappa shape index (κ3) is 2.19. The van der Waals surface area contributed by atoms with Crippen molar-refractivity contribution in [3.05, 3.63) is 0 Å². The smallest absolute Gasteiger partial charge is 0.229 e. The molecule has 1 heterocycles. The standard InChI is InChI=1S/C9H18N2O2/c1-3-11(4-2)9(12)7-5-13-6-8(7)10/h7-8H,3-6,10H2,1-2H3. The van der Waals surface area contributed by atoms with E-state index in [1.807, 2.05) is 13.8 Å². The molecule has 4 heteroatoms. The van der Waals surface area contributed by atoms with Gasteiger partial charge >= 0.3 is 0 Å². The zero-order chi connectivity index (χ0) is 9.84. The summed E-state index contributed by atoms with van der Waals surface area (Å²) in [7, 11) is 0. The van der Waals surface area contributed by atoms with Gasteiger partial charge < -0.3 is 15.4 Å². The lowest BCUT2D eigenvalue weighted by Gasteiger charge is -2.23. The molecule has 2 unspecified atom stereocenters. The molecule has 0 saturated carbocycles. The minimum absolute atomic E-state index is 0.118. The van der Waals surface area contributed by atoms with E-state index in [0.29, 0.717) is 13.2 Å². The molecule has 1 amide bonds. The van der Waals surface area contributed by atoms with Gasteiger partial charge in [-0.25, -0.2) is 0 Å². The number of ether oxygens (including phenoxy) is 1. The van der Waals surface area contributed by atoms with Gasteiger partial charge in [0.2, 0.25) is 5.91 Å². The van der Waals surface area contributed by atoms with E-state index in [9.17, 15) is 4.79 Å². The number of amides is 1. The highest BCUT2D eigenvalue weighted by Crippen LogP contribution is 2.14. The highest BCUT2D eigenvalue weighted by atomic mass is 16.5. The van der Waals surface area contributed by atoms with Crippen LogP contribution in [0.1, 0.15) is 13.8 Å². The van der Waals surface area contributed by atoms with E-state index >= 15 is 0 Å². The number of nitrogens with zero attached hydrogens (tertiary/aromatic N) is 1. The first-order chi connectivity index (χ1) is 6.20. The molecule has 0 aliphatic carbocycles. The fourth-order valence-electron chi connectivity index (χ4n) is 1.60. The Morgan fingerprint density at radius 1 is 1.46 bits per heavy atom. The lowest BCUT2D eigenvalue weighted by Crippen LogP contribution is -2.43. The molecule has 1 aliphatic rings. The molecule has 0 bridgehead atoms. The number of rotatable bonds is 3. The average Bonchev–Trinajstić information content (AvgIpc) is 2.53. The van der Waals surface area contributed by atoms with Crippen molar-refractivity contribution < 1.29 is 9.53 Å². The van der Waals surface area contributed by atoms with Crippen molar-refractivity contribution in [1.29, 1.82) is 0 Å². The van der Waals surface area contributed by atoms with Crippen molar-refractivity contribution >= 4 is 5.91 Å². The molecule has 76 valence electrons. The minimum Gasteiger partial charge on any atom is -0.379 e. The fraction of sp³-hybridized carbons (Fsp3) is 0.889. The Morgan fingerprint density at radius 3 is 2.46 bits per heavy atom. The Balaban J connectivity index is 2.54. The Morgan fingerprint density at radius 2 is 2.08 bits per heavy atom. The van der Waals surface area contributed by atoms with Crippen LogP contribution < -0.4 is 5.73 Å². The zero-order valence-corrected chi connectivity index (χ0v) is 8.32. The summed E-state index contributed by atoms with van der Waals surface area (Å²) in [4.78, 5) is 13.6. The summed E-state index contributed by atoms with van der Waals surface area (Å²) in [5.41, 5.74) is 5.75. The maximum Gasteiger partial charge on any atom is 0.229 e. The first-order valence-corrected chi connectivity index (χ1v) is 4.82. The monoisotopic (exact) mass is 186 g/mol. The highest BCUT2D eigenvalue weighted by Gasteiger charge is 2.33. The molecule has 0 aromatic rings. The number of carbonyl (C=O) groups is 1. The van der Waals surface area contributed by atoms with Crippen LogP contribution in [0.25, 0.3) is 0 Å². The van der Waals surface area contributed by atoms with Gasteiger partial charge in [0.05, 0.1) is 19.1 Å². The van der Waals surface area contributed by atoms with Crippen LogP contribution in [0.5, 0.6) is 0 Å². The van der Waals surface area contributed by atoms with Gasteiger partial charge in [-0.05, 0) is 13.8 Å². The molecule has 0 spiro atoms. The van der Waals surface area contributed by atoms with E-state index in [1.54, 1.807) is 4.90 Å². The van der Waals surface area contributed by atoms with Crippen molar-refractivity contribution in [3.8, 4) is 0 Å². The van der Waals surface area contributed by atoms with Crippen LogP contribution in [0, 0.1) is 5.92 Å². The average molecular weight is 186 g/mol. The molecule has 0 aromatic heterocycles. The quantitative estimate of drug-likeness (QED) is 0.665. The first kappa shape index (κ1) is 10.5. The van der Waals surface area contributed by atoms with E-state index in [1.165, 1.54) is 0 Å². The van der Waals surface area contributed by atoms with E-state index in [2.05, 4.69) is 0 Å². The molecule has 1 saturated heterocycles. The molecule has 13 heavy (non-hydrogen) atoms. The third-order valence-electron chi connectivity index (χ3n) is 2.52. The van der Waals surface area contributed by atoms with E-state index < -0.39 is 0 Å². The number of nitrogens with two attached hydrogens (primary N) is 1. The van der Waals surface area contributed by atoms with Gasteiger partial charge in [0, 0.05) is 19.1 Å². The number of carbonyl (C=O) groups excluding carboxylic acids is 1. The Kier molecular flexibility index (Phi) is 3.69. The molecular weight excluding hydrogens is 168 g/mol. The summed E-state index contributed by atoms with van der Waals surface area (Å²) in [6.07, 6.45) is 0. The van der Waals surface area contributed by atoms with Crippen LogP contribution in [0.4, 0.5) is 0 Å². The molecule has 1 fully saturated rings. The molecule has 1 rings (SSSR count). The van der Waals surface area contributed by atoms with Crippen molar-refractivity contribution in [2.24, 2.45) is 11.7 Å². The molecule has 2 N–H and O–H groups in total. The summed E-state index contributed by atoms with van der Waals surface area (Å²) >= 11 is 0. The molecular formula is C9H18N2O2. The van der Waals surface area contributed by atoms with Crippen LogP contribution in [0.2, 0.25) is 0 Å². The Hall–Kier alpha value is -0.610. The van der Waals surface area contributed by atoms with Gasteiger partial charge in [-0.3, -0.25) is 4.79 Å². The van der Waals surface area contributed by atoms with Gasteiger partial charge in [0.1, 0.15) is 0 Å². The largest absolute Gasteiger partial charge is 0.379 e. The molecule has 4 nitrogen and oxygen atoms in total. The Bertz CT molecular complexity index is 180. The second-order valence-electron chi connectivity index (χ2n) is 3.32. The second-order valence-corrected chi connectivity index (χ2v) is 3.32. The van der Waals surface area contributed by atoms with Crippen LogP contribution in [0.3, 0.4) is 0 Å². The van der Waals surface area contributed by atoms with Gasteiger partial charge in [0.15, 0.2) is 0 Å². The van der Waals surface area contributed by atoms with Crippen molar-refractivity contribution in [2.45, 2.75) is 19.9 Å². The predicted molar refractivity (Wildman–Crippen MR) is 50.2 cm³/mol. The molecule has 0 radical (unpaired) electrons. The van der Waals surface area contributed by atoms with E-state index in [4.69, 9.17) is 10.5 Å². The lowest BCUT2D eigenvalue weighted by atomic mass is 10.0. The SMILES string of the molecule is CCN(CC)C(=O)C1COCC1N. The number of hydrogen-bond acceptors (Lipinski definition) is 3. The maximum atomic E-state index is 11.8. The van der Waals surface area contributed by atoms with Gasteiger partial charge in [-0.1, -0.05) is 0 Å². The second kappa shape index (κ2) is 4.58. The van der Waals surface area contributed by atoms with Crippen LogP contribution >= 0.6 is 0 Å². The van der Waals surface area contributed by atoms with E-state index in [-0.39, 0.29) is 17.9 Å². The van der Waals surface area contributed by atoms with Crippen molar-refractivity contribution in [3.63, 3.8) is 0 Å². The predicted octanol–water partition coefficient (Wildman–Crippen LogP) is -0.171. The summed E-state index contributed by atoms with van der Waals surface area (Å²) in [5.74, 6) is 0.00917. The lowest BCUT2D eigenvalue weighted by molar-refractivity contribution is -0.135. The van der Waals surface area contributed by atoms with Crippen LogP contribution in [-0.4, -0.2) is 43.2 Å². The summed E-state index contributed by atoms with van der Waals surface area (Å²) in [5, 5.41) is 0. The first-order valence-electron chi connectivity index (χ1n) is 4.82. The normalized spacial score (nSPS) is 27.6. The summed E-state index contributed by atoms with van der Waals surface area (Å²) < 4.78 is 5.16. The zero-order valence-electron chi connectivity index (χ0n) is 8.32. The molecule has 0 aromatic carbocycles. The van der Waals surface area contributed by atoms with Crippen molar-refractivity contribution in [1.82, 2.24) is 4.90 Å². The van der Waals surface area contributed by atoms with Crippen LogP contribution in [0.15, 0.2) is 0 Å². The van der Waals surface area contributed by atoms with Crippen LogP contribution in [-0.2, 0) is 9.53 Å². The third-order valence-corrected chi connectivity index (χ3v) is 2.52. The topological polar surface area (TPSA) is 55.6 Å². The number of hydrogen-bond donors (Lipinski definition) is 1. The van der Waals surface area contributed by atoms with Crippen molar-refractivity contribution in [2.75, 3.05) is 26.3 Å². The summed E-state index contributed by atoms with van der Waals surface area (Å²) in [6, 6.07) is -0.118. The van der Waals surface area contributed by atoms with Gasteiger partial charge in [0.25, 0.3) is 0 Å². The van der Waals surface area contributed by atoms with E-state index in [0.717, 1.165) is 13.1 Å². The summed E-state index contributed by atoms with van der Waals surface area (Å²) in [6.45, 7) is 6.44. The molecule has 1 aliphatic heterocycles. The van der Waals surface area contributed by atoms with Gasteiger partial charge in [-0.2, -0.15) is 0 Å². The fourth-order valence-corrected chi connectivity index (χ4v) is 1.60. The highest BCUT2D eigenvalue weighted by molar-refractivity contribution is 5.80. The molecule has 2 atom stereocenters. The Labute approximate surface area is 79.0 Å². The van der Waals surface area contributed by atoms with Gasteiger partial charge in [-0.15, -0.1) is 0 Å². The maximum absolute atomic E-state index is 11.8. The minimum atomic E-state index is -0.125.